The molecular formula is C25H29N3O2. The Balaban J connectivity index is 1.49. The van der Waals surface area contributed by atoms with Gasteiger partial charge in [0.15, 0.2) is 0 Å². The quantitative estimate of drug-likeness (QED) is 0.407. The third-order valence-electron chi connectivity index (χ3n) is 5.73. The average molecular weight is 404 g/mol. The Labute approximate surface area is 178 Å². The summed E-state index contributed by atoms with van der Waals surface area (Å²) in [5.74, 6) is 2.24. The standard InChI is InChI=1S/C25H29N3O2/c1-4-12-27-17-20(16-24(27)29)25-26-21-8-5-6-9-22(21)28(25)13-7-14-30-23-11-10-18(2)15-19(23)3/h4-6,8-11,15,20H,1,7,12-14,16-17H2,2-3H3/t20-/m0/s1. The van der Waals surface area contributed by atoms with E-state index in [1.807, 2.05) is 29.2 Å². The van der Waals surface area contributed by atoms with E-state index in [1.165, 1.54) is 5.56 Å². The smallest absolute Gasteiger partial charge is 0.223 e. The summed E-state index contributed by atoms with van der Waals surface area (Å²) in [5.41, 5.74) is 4.51. The fourth-order valence-corrected chi connectivity index (χ4v) is 4.28. The van der Waals surface area contributed by atoms with Crippen molar-refractivity contribution in [1.82, 2.24) is 14.5 Å². The minimum Gasteiger partial charge on any atom is -0.493 e. The molecule has 0 N–H and O–H groups in total. The topological polar surface area (TPSA) is 47.4 Å². The highest BCUT2D eigenvalue weighted by Gasteiger charge is 2.33. The van der Waals surface area contributed by atoms with Crippen LogP contribution >= 0.6 is 0 Å². The van der Waals surface area contributed by atoms with Gasteiger partial charge in [0, 0.05) is 32.0 Å². The Morgan fingerprint density at radius 2 is 2.07 bits per heavy atom. The van der Waals surface area contributed by atoms with E-state index < -0.39 is 0 Å². The van der Waals surface area contributed by atoms with E-state index in [2.05, 4.69) is 43.2 Å². The number of aryl methyl sites for hydroxylation is 3. The van der Waals surface area contributed by atoms with Gasteiger partial charge in [-0.2, -0.15) is 0 Å². The maximum Gasteiger partial charge on any atom is 0.223 e. The van der Waals surface area contributed by atoms with Gasteiger partial charge in [0.05, 0.1) is 17.6 Å². The second-order valence-electron chi connectivity index (χ2n) is 8.07. The molecule has 2 aromatic carbocycles. The molecule has 4 rings (SSSR count). The van der Waals surface area contributed by atoms with E-state index >= 15 is 0 Å². The van der Waals surface area contributed by atoms with E-state index in [-0.39, 0.29) is 11.8 Å². The van der Waals surface area contributed by atoms with E-state index in [0.29, 0.717) is 26.1 Å². The van der Waals surface area contributed by atoms with Gasteiger partial charge in [-0.05, 0) is 44.0 Å². The van der Waals surface area contributed by atoms with Crippen LogP contribution in [0, 0.1) is 13.8 Å². The van der Waals surface area contributed by atoms with Gasteiger partial charge in [0.2, 0.25) is 5.91 Å². The molecule has 0 saturated carbocycles. The number of carbonyl (C=O) groups is 1. The highest BCUT2D eigenvalue weighted by Crippen LogP contribution is 2.30. The molecule has 0 bridgehead atoms. The molecule has 0 unspecified atom stereocenters. The lowest BCUT2D eigenvalue weighted by Gasteiger charge is -2.16. The zero-order valence-electron chi connectivity index (χ0n) is 17.8. The minimum atomic E-state index is 0.116. The predicted octanol–water partition coefficient (Wildman–Crippen LogP) is 4.62. The Morgan fingerprint density at radius 1 is 1.23 bits per heavy atom. The van der Waals surface area contributed by atoms with Crippen molar-refractivity contribution in [3.05, 3.63) is 72.1 Å². The van der Waals surface area contributed by atoms with Crippen LogP contribution in [0.2, 0.25) is 0 Å². The van der Waals surface area contributed by atoms with Crippen LogP contribution in [-0.4, -0.2) is 40.1 Å². The molecule has 0 spiro atoms. The van der Waals surface area contributed by atoms with Crippen LogP contribution < -0.4 is 4.74 Å². The Kier molecular flexibility index (Phi) is 5.88. The van der Waals surface area contributed by atoms with Gasteiger partial charge < -0.3 is 14.2 Å². The van der Waals surface area contributed by atoms with Gasteiger partial charge in [-0.15, -0.1) is 6.58 Å². The summed E-state index contributed by atoms with van der Waals surface area (Å²) in [7, 11) is 0. The van der Waals surface area contributed by atoms with E-state index in [1.54, 1.807) is 6.08 Å². The van der Waals surface area contributed by atoms with Crippen molar-refractivity contribution in [3.8, 4) is 5.75 Å². The number of likely N-dealkylation sites (tertiary alicyclic amines) is 1. The Morgan fingerprint density at radius 3 is 2.87 bits per heavy atom. The third kappa shape index (κ3) is 4.11. The SMILES string of the molecule is C=CCN1C[C@@H](c2nc3ccccc3n2CCCOc2ccc(C)cc2C)CC1=O. The maximum atomic E-state index is 12.4. The van der Waals surface area contributed by atoms with Crippen LogP contribution in [0.5, 0.6) is 5.75 Å². The molecule has 1 aliphatic heterocycles. The first kappa shape index (κ1) is 20.2. The van der Waals surface area contributed by atoms with Crippen LogP contribution in [0.3, 0.4) is 0 Å². The molecule has 1 amide bonds. The number of benzene rings is 2. The molecule has 30 heavy (non-hydrogen) atoms. The van der Waals surface area contributed by atoms with Crippen LogP contribution in [0.4, 0.5) is 0 Å². The summed E-state index contributed by atoms with van der Waals surface area (Å²) in [4.78, 5) is 19.1. The van der Waals surface area contributed by atoms with Crippen molar-refractivity contribution < 1.29 is 9.53 Å². The molecule has 1 aliphatic rings. The molecule has 5 heteroatoms. The Bertz CT molecular complexity index is 1070. The number of imidazole rings is 1. The number of carbonyl (C=O) groups excluding carboxylic acids is 1. The van der Waals surface area contributed by atoms with Crippen molar-refractivity contribution >= 4 is 16.9 Å². The third-order valence-corrected chi connectivity index (χ3v) is 5.73. The highest BCUT2D eigenvalue weighted by atomic mass is 16.5. The normalized spacial score (nSPS) is 16.4. The van der Waals surface area contributed by atoms with Crippen molar-refractivity contribution in [2.75, 3.05) is 19.7 Å². The molecule has 3 aromatic rings. The number of nitrogens with zero attached hydrogens (tertiary/aromatic N) is 3. The largest absolute Gasteiger partial charge is 0.493 e. The van der Waals surface area contributed by atoms with Crippen LogP contribution in [0.15, 0.2) is 55.1 Å². The number of amides is 1. The van der Waals surface area contributed by atoms with Crippen LogP contribution in [0.25, 0.3) is 11.0 Å². The number of hydrogen-bond donors (Lipinski definition) is 0. The van der Waals surface area contributed by atoms with Crippen LogP contribution in [-0.2, 0) is 11.3 Å². The number of para-hydroxylation sites is 2. The Hall–Kier alpha value is -3.08. The van der Waals surface area contributed by atoms with E-state index in [4.69, 9.17) is 9.72 Å². The fraction of sp³-hybridized carbons (Fsp3) is 0.360. The summed E-state index contributed by atoms with van der Waals surface area (Å²) >= 11 is 0. The summed E-state index contributed by atoms with van der Waals surface area (Å²) < 4.78 is 8.30. The van der Waals surface area contributed by atoms with Crippen molar-refractivity contribution in [2.24, 2.45) is 0 Å². The minimum absolute atomic E-state index is 0.116. The fourth-order valence-electron chi connectivity index (χ4n) is 4.28. The molecule has 1 atom stereocenters. The molecule has 5 nitrogen and oxygen atoms in total. The molecule has 1 fully saturated rings. The second kappa shape index (κ2) is 8.74. The van der Waals surface area contributed by atoms with Gasteiger partial charge in [-0.25, -0.2) is 4.98 Å². The van der Waals surface area contributed by atoms with Gasteiger partial charge in [0.25, 0.3) is 0 Å². The lowest BCUT2D eigenvalue weighted by molar-refractivity contribution is -0.127. The lowest BCUT2D eigenvalue weighted by atomic mass is 10.1. The number of ether oxygens (including phenoxy) is 1. The molecule has 156 valence electrons. The van der Waals surface area contributed by atoms with Crippen molar-refractivity contribution in [3.63, 3.8) is 0 Å². The molecule has 2 heterocycles. The summed E-state index contributed by atoms with van der Waals surface area (Å²) in [5, 5.41) is 0. The van der Waals surface area contributed by atoms with Gasteiger partial charge >= 0.3 is 0 Å². The molecular weight excluding hydrogens is 374 g/mol. The van der Waals surface area contributed by atoms with Gasteiger partial charge in [-0.1, -0.05) is 35.9 Å². The first-order valence-corrected chi connectivity index (χ1v) is 10.6. The summed E-state index contributed by atoms with van der Waals surface area (Å²) in [6.45, 7) is 10.7. The lowest BCUT2D eigenvalue weighted by Crippen LogP contribution is -2.25. The van der Waals surface area contributed by atoms with Crippen molar-refractivity contribution in [1.29, 1.82) is 0 Å². The first-order chi connectivity index (χ1) is 14.6. The molecule has 1 saturated heterocycles. The van der Waals surface area contributed by atoms with E-state index in [9.17, 15) is 4.79 Å². The second-order valence-corrected chi connectivity index (χ2v) is 8.07. The number of aromatic nitrogens is 2. The average Bonchev–Trinajstić information content (AvgIpc) is 3.27. The highest BCUT2D eigenvalue weighted by molar-refractivity contribution is 5.81. The zero-order chi connectivity index (χ0) is 21.1. The molecule has 0 aliphatic carbocycles. The van der Waals surface area contributed by atoms with Gasteiger partial charge in [0.1, 0.15) is 11.6 Å². The first-order valence-electron chi connectivity index (χ1n) is 10.6. The maximum absolute atomic E-state index is 12.4. The van der Waals surface area contributed by atoms with Gasteiger partial charge in [-0.3, -0.25) is 4.79 Å². The number of hydrogen-bond acceptors (Lipinski definition) is 3. The molecule has 0 radical (unpaired) electrons. The molecule has 1 aromatic heterocycles. The number of fused-ring (bicyclic) bond motifs is 1. The van der Waals surface area contributed by atoms with Crippen molar-refractivity contribution in [2.45, 2.75) is 39.2 Å². The summed E-state index contributed by atoms with van der Waals surface area (Å²) in [6.07, 6.45) is 3.17. The predicted molar refractivity (Wildman–Crippen MR) is 120 cm³/mol. The zero-order valence-corrected chi connectivity index (χ0v) is 17.8. The monoisotopic (exact) mass is 403 g/mol. The van der Waals surface area contributed by atoms with Crippen LogP contribution in [0.1, 0.15) is 35.7 Å². The summed E-state index contributed by atoms with van der Waals surface area (Å²) in [6, 6.07) is 14.5. The van der Waals surface area contributed by atoms with E-state index in [0.717, 1.165) is 41.1 Å². The number of rotatable bonds is 8.